The van der Waals surface area contributed by atoms with Crippen molar-refractivity contribution in [1.82, 2.24) is 0 Å². The molecule has 0 N–H and O–H groups in total. The normalized spacial score (nSPS) is 10.2. The van der Waals surface area contributed by atoms with E-state index in [0.29, 0.717) is 17.5 Å². The van der Waals surface area contributed by atoms with Gasteiger partial charge in [0.05, 0.1) is 24.3 Å². The Morgan fingerprint density at radius 1 is 0.696 bits per heavy atom. The van der Waals surface area contributed by atoms with Crippen LogP contribution in [-0.2, 0) is 9.47 Å². The Morgan fingerprint density at radius 3 is 1.39 bits per heavy atom. The Morgan fingerprint density at radius 2 is 1.04 bits per heavy atom. The largest absolute Gasteiger partial charge is 0.462 e. The van der Waals surface area contributed by atoms with Gasteiger partial charge in [-0.1, -0.05) is 35.4 Å². The van der Waals surface area contributed by atoms with Crippen LogP contribution in [0.4, 0.5) is 0 Å². The molecule has 0 unspecified atom stereocenters. The first kappa shape index (κ1) is 16.7. The summed E-state index contributed by atoms with van der Waals surface area (Å²) in [4.78, 5) is 23.6. The molecule has 0 bridgehead atoms. The van der Waals surface area contributed by atoms with E-state index in [1.165, 1.54) is 0 Å². The van der Waals surface area contributed by atoms with E-state index in [-0.39, 0.29) is 25.2 Å². The van der Waals surface area contributed by atoms with Crippen LogP contribution in [-0.4, -0.2) is 25.2 Å². The number of aryl methyl sites for hydroxylation is 2. The van der Waals surface area contributed by atoms with Gasteiger partial charge in [0.15, 0.2) is 0 Å². The van der Waals surface area contributed by atoms with Gasteiger partial charge in [0.25, 0.3) is 0 Å². The Bertz CT molecular complexity index is 597. The fourth-order valence-electron chi connectivity index (χ4n) is 1.93. The van der Waals surface area contributed by atoms with E-state index in [4.69, 9.17) is 9.47 Å². The number of carbonyl (C=O) groups is 2. The molecule has 0 saturated heterocycles. The fourth-order valence-corrected chi connectivity index (χ4v) is 1.93. The minimum atomic E-state index is -0.366. The summed E-state index contributed by atoms with van der Waals surface area (Å²) >= 11 is 0. The summed E-state index contributed by atoms with van der Waals surface area (Å²) < 4.78 is 10.3. The molecule has 0 aliphatic carbocycles. The zero-order valence-electron chi connectivity index (χ0n) is 13.4. The summed E-state index contributed by atoms with van der Waals surface area (Å²) in [5, 5.41) is 0. The standard InChI is InChI=1S/C19H20O4/c1-14-4-8-16(9-5-14)18(20)22-12-3-13-23-19(21)17-10-6-15(2)7-11-17/h4-11H,3,12-13H2,1-2H3. The van der Waals surface area contributed by atoms with Crippen molar-refractivity contribution in [1.29, 1.82) is 0 Å². The van der Waals surface area contributed by atoms with Gasteiger partial charge < -0.3 is 9.47 Å². The van der Waals surface area contributed by atoms with Gasteiger partial charge >= 0.3 is 11.9 Å². The number of esters is 2. The molecular weight excluding hydrogens is 292 g/mol. The molecular formula is C19H20O4. The lowest BCUT2D eigenvalue weighted by molar-refractivity contribution is 0.0396. The summed E-state index contributed by atoms with van der Waals surface area (Å²) in [5.41, 5.74) is 3.22. The molecule has 0 spiro atoms. The minimum Gasteiger partial charge on any atom is -0.462 e. The highest BCUT2D eigenvalue weighted by atomic mass is 16.5. The van der Waals surface area contributed by atoms with E-state index in [0.717, 1.165) is 11.1 Å². The van der Waals surface area contributed by atoms with Crippen molar-refractivity contribution in [2.24, 2.45) is 0 Å². The molecule has 0 atom stereocenters. The van der Waals surface area contributed by atoms with Crippen LogP contribution in [0, 0.1) is 13.8 Å². The number of rotatable bonds is 6. The predicted molar refractivity (Wildman–Crippen MR) is 87.5 cm³/mol. The van der Waals surface area contributed by atoms with E-state index < -0.39 is 0 Å². The second-order valence-electron chi connectivity index (χ2n) is 5.36. The molecule has 0 fully saturated rings. The summed E-state index contributed by atoms with van der Waals surface area (Å²) in [6.45, 7) is 4.34. The fraction of sp³-hybridized carbons (Fsp3) is 0.263. The monoisotopic (exact) mass is 312 g/mol. The van der Waals surface area contributed by atoms with Crippen LogP contribution in [0.2, 0.25) is 0 Å². The second kappa shape index (κ2) is 8.13. The van der Waals surface area contributed by atoms with Crippen molar-refractivity contribution in [3.05, 3.63) is 70.8 Å². The van der Waals surface area contributed by atoms with Crippen molar-refractivity contribution in [3.8, 4) is 0 Å². The molecule has 0 amide bonds. The molecule has 0 aromatic heterocycles. The lowest BCUT2D eigenvalue weighted by Crippen LogP contribution is -2.11. The van der Waals surface area contributed by atoms with Gasteiger partial charge in [-0.2, -0.15) is 0 Å². The Hall–Kier alpha value is -2.62. The first-order chi connectivity index (χ1) is 11.1. The van der Waals surface area contributed by atoms with E-state index in [2.05, 4.69) is 0 Å². The lowest BCUT2D eigenvalue weighted by Gasteiger charge is -2.07. The smallest absolute Gasteiger partial charge is 0.338 e. The quantitative estimate of drug-likeness (QED) is 0.603. The van der Waals surface area contributed by atoms with Crippen LogP contribution in [0.1, 0.15) is 38.3 Å². The molecule has 23 heavy (non-hydrogen) atoms. The first-order valence-corrected chi connectivity index (χ1v) is 7.54. The Kier molecular flexibility index (Phi) is 5.92. The molecule has 4 nitrogen and oxygen atoms in total. The number of benzene rings is 2. The summed E-state index contributed by atoms with van der Waals surface area (Å²) in [5.74, 6) is -0.732. The zero-order valence-corrected chi connectivity index (χ0v) is 13.4. The van der Waals surface area contributed by atoms with Crippen molar-refractivity contribution >= 4 is 11.9 Å². The molecule has 2 aromatic carbocycles. The SMILES string of the molecule is Cc1ccc(C(=O)OCCCOC(=O)c2ccc(C)cc2)cc1. The third kappa shape index (κ3) is 5.25. The first-order valence-electron chi connectivity index (χ1n) is 7.54. The molecule has 0 radical (unpaired) electrons. The predicted octanol–water partition coefficient (Wildman–Crippen LogP) is 3.71. The Labute approximate surface area is 136 Å². The average Bonchev–Trinajstić information content (AvgIpc) is 2.55. The van der Waals surface area contributed by atoms with E-state index >= 15 is 0 Å². The molecule has 2 rings (SSSR count). The summed E-state index contributed by atoms with van der Waals surface area (Å²) in [6, 6.07) is 14.4. The van der Waals surface area contributed by atoms with Crippen molar-refractivity contribution < 1.29 is 19.1 Å². The highest BCUT2D eigenvalue weighted by molar-refractivity contribution is 5.89. The van der Waals surface area contributed by atoms with Gasteiger partial charge in [0, 0.05) is 6.42 Å². The van der Waals surface area contributed by atoms with Gasteiger partial charge in [-0.25, -0.2) is 9.59 Å². The molecule has 0 aliphatic rings. The van der Waals surface area contributed by atoms with E-state index in [1.54, 1.807) is 24.3 Å². The topological polar surface area (TPSA) is 52.6 Å². The molecule has 0 saturated carbocycles. The molecule has 2 aromatic rings. The van der Waals surface area contributed by atoms with Gasteiger partial charge in [-0.3, -0.25) is 0 Å². The highest BCUT2D eigenvalue weighted by Gasteiger charge is 2.08. The van der Waals surface area contributed by atoms with Crippen LogP contribution in [0.15, 0.2) is 48.5 Å². The number of ether oxygens (including phenoxy) is 2. The van der Waals surface area contributed by atoms with Crippen molar-refractivity contribution in [3.63, 3.8) is 0 Å². The molecule has 0 aliphatic heterocycles. The van der Waals surface area contributed by atoms with Crippen LogP contribution in [0.25, 0.3) is 0 Å². The van der Waals surface area contributed by atoms with Gasteiger partial charge in [0.2, 0.25) is 0 Å². The van der Waals surface area contributed by atoms with Crippen molar-refractivity contribution in [2.75, 3.05) is 13.2 Å². The maximum atomic E-state index is 11.8. The molecule has 4 heteroatoms. The maximum absolute atomic E-state index is 11.8. The summed E-state index contributed by atoms with van der Waals surface area (Å²) in [6.07, 6.45) is 0.467. The zero-order chi connectivity index (χ0) is 16.7. The number of carbonyl (C=O) groups excluding carboxylic acids is 2. The van der Waals surface area contributed by atoms with Gasteiger partial charge in [-0.05, 0) is 38.1 Å². The Balaban J connectivity index is 1.67. The van der Waals surface area contributed by atoms with E-state index in [1.807, 2.05) is 38.1 Å². The average molecular weight is 312 g/mol. The molecule has 0 heterocycles. The maximum Gasteiger partial charge on any atom is 0.338 e. The van der Waals surface area contributed by atoms with Crippen LogP contribution in [0.3, 0.4) is 0 Å². The van der Waals surface area contributed by atoms with Crippen molar-refractivity contribution in [2.45, 2.75) is 20.3 Å². The lowest BCUT2D eigenvalue weighted by atomic mass is 10.1. The summed E-state index contributed by atoms with van der Waals surface area (Å²) in [7, 11) is 0. The third-order valence-electron chi connectivity index (χ3n) is 3.33. The van der Waals surface area contributed by atoms with Gasteiger partial charge in [-0.15, -0.1) is 0 Å². The van der Waals surface area contributed by atoms with Crippen LogP contribution in [0.5, 0.6) is 0 Å². The van der Waals surface area contributed by atoms with Crippen LogP contribution >= 0.6 is 0 Å². The van der Waals surface area contributed by atoms with E-state index in [9.17, 15) is 9.59 Å². The minimum absolute atomic E-state index is 0.216. The second-order valence-corrected chi connectivity index (χ2v) is 5.36. The van der Waals surface area contributed by atoms with Gasteiger partial charge in [0.1, 0.15) is 0 Å². The highest BCUT2D eigenvalue weighted by Crippen LogP contribution is 2.06. The van der Waals surface area contributed by atoms with Crippen LogP contribution < -0.4 is 0 Å². The number of hydrogen-bond donors (Lipinski definition) is 0. The molecule has 120 valence electrons. The number of hydrogen-bond acceptors (Lipinski definition) is 4. The third-order valence-corrected chi connectivity index (χ3v) is 3.33.